The Morgan fingerprint density at radius 2 is 1.89 bits per heavy atom. The highest BCUT2D eigenvalue weighted by Gasteiger charge is 2.34. The molecule has 1 amide bonds. The molecule has 1 rings (SSSR count). The third-order valence-electron chi connectivity index (χ3n) is 2.53. The Morgan fingerprint density at radius 3 is 2.28 bits per heavy atom. The molecule has 0 N–H and O–H groups in total. The zero-order valence-corrected chi connectivity index (χ0v) is 12.6. The summed E-state index contributed by atoms with van der Waals surface area (Å²) in [5, 5.41) is 0. The maximum absolute atomic E-state index is 11.9. The van der Waals surface area contributed by atoms with Crippen LogP contribution in [0.15, 0.2) is 0 Å². The predicted octanol–water partition coefficient (Wildman–Crippen LogP) is 1.41. The number of hydrogen-bond donors (Lipinski definition) is 0. The molecule has 106 valence electrons. The van der Waals surface area contributed by atoms with E-state index in [4.69, 9.17) is 15.4 Å². The molecule has 0 aliphatic carbocycles. The van der Waals surface area contributed by atoms with Gasteiger partial charge in [0.15, 0.2) is 0 Å². The first kappa shape index (κ1) is 15.5. The van der Waals surface area contributed by atoms with Crippen molar-refractivity contribution < 1.29 is 17.9 Å². The Labute approximate surface area is 112 Å². The summed E-state index contributed by atoms with van der Waals surface area (Å²) in [5.41, 5.74) is -0.563. The van der Waals surface area contributed by atoms with Gasteiger partial charge in [0.25, 0.3) is 9.24 Å². The van der Waals surface area contributed by atoms with Crippen molar-refractivity contribution >= 4 is 26.0 Å². The van der Waals surface area contributed by atoms with E-state index in [1.54, 1.807) is 27.7 Å². The topological polar surface area (TPSA) is 66.9 Å². The minimum Gasteiger partial charge on any atom is -0.444 e. The van der Waals surface area contributed by atoms with Crippen LogP contribution in [0.25, 0.3) is 0 Å². The van der Waals surface area contributed by atoms with E-state index in [9.17, 15) is 13.2 Å². The van der Waals surface area contributed by atoms with Crippen LogP contribution in [0.2, 0.25) is 0 Å². The summed E-state index contributed by atoms with van der Waals surface area (Å²) in [4.78, 5) is 13.4. The van der Waals surface area contributed by atoms with E-state index in [-0.39, 0.29) is 25.7 Å². The number of rotatable bonds is 1. The lowest BCUT2D eigenvalue weighted by molar-refractivity contribution is 0.00875. The second-order valence-electron chi connectivity index (χ2n) is 5.32. The third-order valence-corrected chi connectivity index (χ3v) is 4.06. The molecule has 0 saturated carbocycles. The molecule has 1 aliphatic rings. The first-order chi connectivity index (χ1) is 8.00. The van der Waals surface area contributed by atoms with Crippen LogP contribution in [0.1, 0.15) is 27.7 Å². The zero-order chi connectivity index (χ0) is 14.1. The molecule has 8 heteroatoms. The molecule has 1 saturated heterocycles. The summed E-state index contributed by atoms with van der Waals surface area (Å²) >= 11 is 0. The molecule has 1 aliphatic heterocycles. The van der Waals surface area contributed by atoms with Gasteiger partial charge in [-0.2, -0.15) is 12.7 Å². The lowest BCUT2D eigenvalue weighted by Gasteiger charge is -2.38. The molecule has 1 unspecified atom stereocenters. The monoisotopic (exact) mass is 298 g/mol. The maximum atomic E-state index is 11.9. The van der Waals surface area contributed by atoms with Crippen LogP contribution in [0.5, 0.6) is 0 Å². The van der Waals surface area contributed by atoms with E-state index < -0.39 is 20.9 Å². The molecule has 1 atom stereocenters. The molecule has 0 aromatic rings. The average molecular weight is 299 g/mol. The standard InChI is InChI=1S/C10H19ClN2O4S/c1-8-7-12(18(11,15)16)5-6-13(8)9(14)17-10(2,3)4/h8H,5-7H2,1-4H3. The fourth-order valence-corrected chi connectivity index (χ4v) is 2.78. The van der Waals surface area contributed by atoms with Gasteiger partial charge in [-0.25, -0.2) is 4.79 Å². The second kappa shape index (κ2) is 5.22. The van der Waals surface area contributed by atoms with Crippen molar-refractivity contribution in [3.05, 3.63) is 0 Å². The molecular formula is C10H19ClN2O4S. The van der Waals surface area contributed by atoms with Crippen LogP contribution < -0.4 is 0 Å². The van der Waals surface area contributed by atoms with Crippen LogP contribution in [0, 0.1) is 0 Å². The molecule has 18 heavy (non-hydrogen) atoms. The van der Waals surface area contributed by atoms with Crippen molar-refractivity contribution in [2.45, 2.75) is 39.3 Å². The van der Waals surface area contributed by atoms with Crippen molar-refractivity contribution in [1.82, 2.24) is 9.21 Å². The largest absolute Gasteiger partial charge is 0.444 e. The Hall–Kier alpha value is -0.530. The van der Waals surface area contributed by atoms with Crippen LogP contribution in [-0.4, -0.2) is 55.0 Å². The highest BCUT2D eigenvalue weighted by molar-refractivity contribution is 8.11. The van der Waals surface area contributed by atoms with Gasteiger partial charge in [-0.1, -0.05) is 0 Å². The summed E-state index contributed by atoms with van der Waals surface area (Å²) in [7, 11) is 1.56. The van der Waals surface area contributed by atoms with Crippen molar-refractivity contribution in [3.63, 3.8) is 0 Å². The summed E-state index contributed by atoms with van der Waals surface area (Å²) < 4.78 is 28.8. The Kier molecular flexibility index (Phi) is 4.51. The van der Waals surface area contributed by atoms with Crippen molar-refractivity contribution in [2.75, 3.05) is 19.6 Å². The van der Waals surface area contributed by atoms with E-state index in [1.807, 2.05) is 0 Å². The first-order valence-corrected chi connectivity index (χ1v) is 7.96. The number of hydrogen-bond acceptors (Lipinski definition) is 4. The van der Waals surface area contributed by atoms with E-state index in [1.165, 1.54) is 4.90 Å². The van der Waals surface area contributed by atoms with Crippen molar-refractivity contribution in [2.24, 2.45) is 0 Å². The molecule has 0 aromatic heterocycles. The first-order valence-electron chi connectivity index (χ1n) is 5.70. The molecule has 0 spiro atoms. The van der Waals surface area contributed by atoms with Gasteiger partial charge >= 0.3 is 6.09 Å². The third kappa shape index (κ3) is 4.29. The van der Waals surface area contributed by atoms with Gasteiger partial charge in [-0.3, -0.25) is 0 Å². The van der Waals surface area contributed by atoms with Gasteiger partial charge < -0.3 is 9.64 Å². The molecule has 1 heterocycles. The van der Waals surface area contributed by atoms with Crippen LogP contribution >= 0.6 is 10.7 Å². The Morgan fingerprint density at radius 1 is 1.33 bits per heavy atom. The Bertz CT molecular complexity index is 418. The number of nitrogens with zero attached hydrogens (tertiary/aromatic N) is 2. The van der Waals surface area contributed by atoms with E-state index in [0.29, 0.717) is 0 Å². The number of carbonyl (C=O) groups is 1. The smallest absolute Gasteiger partial charge is 0.410 e. The quantitative estimate of drug-likeness (QED) is 0.687. The summed E-state index contributed by atoms with van der Waals surface area (Å²) in [5.74, 6) is 0. The number of piperazine rings is 1. The van der Waals surface area contributed by atoms with Crippen molar-refractivity contribution in [1.29, 1.82) is 0 Å². The highest BCUT2D eigenvalue weighted by Crippen LogP contribution is 2.18. The molecule has 1 fully saturated rings. The van der Waals surface area contributed by atoms with Crippen LogP contribution in [0.3, 0.4) is 0 Å². The molecule has 0 aromatic carbocycles. The van der Waals surface area contributed by atoms with Gasteiger partial charge in [0.2, 0.25) is 0 Å². The molecular weight excluding hydrogens is 280 g/mol. The fraction of sp³-hybridized carbons (Fsp3) is 0.900. The normalized spacial score (nSPS) is 22.9. The average Bonchev–Trinajstić information content (AvgIpc) is 2.12. The number of amides is 1. The summed E-state index contributed by atoms with van der Waals surface area (Å²) in [6.07, 6.45) is -0.429. The number of carbonyl (C=O) groups excluding carboxylic acids is 1. The van der Waals surface area contributed by atoms with Crippen LogP contribution in [-0.2, 0) is 14.0 Å². The SMILES string of the molecule is CC1CN(S(=O)(=O)Cl)CCN1C(=O)OC(C)(C)C. The van der Waals surface area contributed by atoms with E-state index in [0.717, 1.165) is 4.31 Å². The maximum Gasteiger partial charge on any atom is 0.410 e. The van der Waals surface area contributed by atoms with Gasteiger partial charge in [-0.15, -0.1) is 0 Å². The van der Waals surface area contributed by atoms with Gasteiger partial charge in [-0.05, 0) is 27.7 Å². The van der Waals surface area contributed by atoms with Gasteiger partial charge in [0.1, 0.15) is 5.60 Å². The molecule has 6 nitrogen and oxygen atoms in total. The highest BCUT2D eigenvalue weighted by atomic mass is 35.7. The molecule has 0 bridgehead atoms. The minimum atomic E-state index is -3.72. The lowest BCUT2D eigenvalue weighted by Crippen LogP contribution is -2.55. The second-order valence-corrected chi connectivity index (χ2v) is 7.83. The fourth-order valence-electron chi connectivity index (χ4n) is 1.71. The van der Waals surface area contributed by atoms with E-state index >= 15 is 0 Å². The van der Waals surface area contributed by atoms with Gasteiger partial charge in [0.05, 0.1) is 0 Å². The summed E-state index contributed by atoms with van der Waals surface area (Å²) in [6.45, 7) is 7.78. The Balaban J connectivity index is 2.66. The number of ether oxygens (including phenoxy) is 1. The predicted molar refractivity (Wildman–Crippen MR) is 68.7 cm³/mol. The minimum absolute atomic E-state index is 0.186. The van der Waals surface area contributed by atoms with Crippen molar-refractivity contribution in [3.8, 4) is 0 Å². The van der Waals surface area contributed by atoms with E-state index in [2.05, 4.69) is 0 Å². The van der Waals surface area contributed by atoms with Crippen LogP contribution in [0.4, 0.5) is 4.79 Å². The number of halogens is 1. The van der Waals surface area contributed by atoms with Gasteiger partial charge in [0, 0.05) is 36.4 Å². The zero-order valence-electron chi connectivity index (χ0n) is 11.0. The summed E-state index contributed by atoms with van der Waals surface area (Å²) in [6, 6.07) is -0.262. The lowest BCUT2D eigenvalue weighted by atomic mass is 10.2. The molecule has 0 radical (unpaired) electrons.